The van der Waals surface area contributed by atoms with Crippen molar-refractivity contribution < 1.29 is 9.90 Å². The van der Waals surface area contributed by atoms with Gasteiger partial charge in [-0.2, -0.15) is 0 Å². The van der Waals surface area contributed by atoms with Crippen molar-refractivity contribution in [3.63, 3.8) is 0 Å². The molecule has 112 valence electrons. The molecule has 22 heavy (non-hydrogen) atoms. The normalized spacial score (nSPS) is 10.8. The number of allylic oxidation sites excluding steroid dienone is 1. The monoisotopic (exact) mass is 358 g/mol. The van der Waals surface area contributed by atoms with Crippen molar-refractivity contribution in [2.24, 2.45) is 0 Å². The van der Waals surface area contributed by atoms with Crippen molar-refractivity contribution >= 4 is 27.8 Å². The molecule has 0 heterocycles. The second kappa shape index (κ2) is 7.18. The Hall–Kier alpha value is -2.20. The Morgan fingerprint density at radius 1 is 1.18 bits per heavy atom. The zero-order valence-electron chi connectivity index (χ0n) is 12.0. The molecule has 0 unspecified atom stereocenters. The van der Waals surface area contributed by atoms with E-state index in [-0.39, 0.29) is 5.56 Å². The molecule has 0 saturated heterocycles. The third kappa shape index (κ3) is 3.92. The third-order valence-corrected chi connectivity index (χ3v) is 3.74. The Labute approximate surface area is 137 Å². The average Bonchev–Trinajstić information content (AvgIpc) is 2.66. The summed E-state index contributed by atoms with van der Waals surface area (Å²) in [4.78, 5) is 23.8. The molecule has 0 amide bonds. The van der Waals surface area contributed by atoms with Gasteiger partial charge < -0.3 is 5.11 Å². The lowest BCUT2D eigenvalue weighted by Crippen LogP contribution is -2.01. The standard InChI is InChI=1S/C18H15BrO3/c1-2-12-3-5-13(6-4-12)7-9-16(20)15-11-14(19)8-10-17(21)18(15)22/h3-11H,2H2,1H3,(H,21,22)/b9-7+. The van der Waals surface area contributed by atoms with Gasteiger partial charge in [-0.25, -0.2) is 0 Å². The summed E-state index contributed by atoms with van der Waals surface area (Å²) in [6, 6.07) is 12.0. The van der Waals surface area contributed by atoms with Gasteiger partial charge in [0.05, 0.1) is 5.56 Å². The molecule has 2 aromatic rings. The quantitative estimate of drug-likeness (QED) is 0.664. The van der Waals surface area contributed by atoms with Crippen molar-refractivity contribution in [3.8, 4) is 5.75 Å². The largest absolute Gasteiger partial charge is 0.504 e. The van der Waals surface area contributed by atoms with Crippen molar-refractivity contribution in [2.75, 3.05) is 0 Å². The van der Waals surface area contributed by atoms with Gasteiger partial charge >= 0.3 is 0 Å². The SMILES string of the molecule is CCc1ccc(/C=C/C(=O)c2cc(Br)ccc(=O)c2O)cc1. The van der Waals surface area contributed by atoms with Crippen LogP contribution >= 0.6 is 15.9 Å². The highest BCUT2D eigenvalue weighted by atomic mass is 79.9. The zero-order chi connectivity index (χ0) is 16.1. The zero-order valence-corrected chi connectivity index (χ0v) is 13.6. The van der Waals surface area contributed by atoms with Gasteiger partial charge in [-0.15, -0.1) is 0 Å². The van der Waals surface area contributed by atoms with Gasteiger partial charge in [0.2, 0.25) is 5.43 Å². The Balaban J connectivity index is 2.31. The van der Waals surface area contributed by atoms with E-state index < -0.39 is 17.0 Å². The Morgan fingerprint density at radius 2 is 1.86 bits per heavy atom. The van der Waals surface area contributed by atoms with Crippen LogP contribution in [-0.4, -0.2) is 10.9 Å². The minimum Gasteiger partial charge on any atom is -0.504 e. The number of hydrogen-bond acceptors (Lipinski definition) is 3. The molecule has 0 spiro atoms. The number of halogens is 1. The first kappa shape index (κ1) is 16.2. The molecule has 0 aliphatic carbocycles. The summed E-state index contributed by atoms with van der Waals surface area (Å²) >= 11 is 3.21. The molecule has 0 aliphatic heterocycles. The van der Waals surface area contributed by atoms with Gasteiger partial charge in [-0.1, -0.05) is 53.2 Å². The number of benzene rings is 1. The van der Waals surface area contributed by atoms with E-state index in [0.29, 0.717) is 4.47 Å². The molecule has 2 aromatic carbocycles. The molecular formula is C18H15BrO3. The number of carbonyl (C=O) groups excluding carboxylic acids is 1. The molecule has 3 nitrogen and oxygen atoms in total. The van der Waals surface area contributed by atoms with Crippen LogP contribution in [0.4, 0.5) is 0 Å². The van der Waals surface area contributed by atoms with Crippen LogP contribution in [0.15, 0.2) is 57.8 Å². The van der Waals surface area contributed by atoms with E-state index in [0.717, 1.165) is 12.0 Å². The maximum atomic E-state index is 12.2. The average molecular weight is 359 g/mol. The Bertz CT molecular complexity index is 777. The summed E-state index contributed by atoms with van der Waals surface area (Å²) in [5.41, 5.74) is 1.49. The molecule has 0 saturated carbocycles. The van der Waals surface area contributed by atoms with Crippen LogP contribution in [0.1, 0.15) is 28.4 Å². The molecule has 0 atom stereocenters. The lowest BCUT2D eigenvalue weighted by Gasteiger charge is -1.98. The number of carbonyl (C=O) groups is 1. The van der Waals surface area contributed by atoms with Crippen LogP contribution in [0.3, 0.4) is 0 Å². The first-order valence-electron chi connectivity index (χ1n) is 6.85. The van der Waals surface area contributed by atoms with Gasteiger partial charge in [-0.05, 0) is 41.8 Å². The van der Waals surface area contributed by atoms with Crippen molar-refractivity contribution in [2.45, 2.75) is 13.3 Å². The van der Waals surface area contributed by atoms with E-state index >= 15 is 0 Å². The minimum absolute atomic E-state index is 0.0247. The van der Waals surface area contributed by atoms with Crippen LogP contribution in [-0.2, 0) is 6.42 Å². The predicted octanol–water partition coefficient (Wildman–Crippen LogP) is 3.97. The highest BCUT2D eigenvalue weighted by molar-refractivity contribution is 9.10. The second-order valence-corrected chi connectivity index (χ2v) is 5.70. The molecule has 0 aromatic heterocycles. The van der Waals surface area contributed by atoms with Gasteiger partial charge in [0.1, 0.15) is 0 Å². The van der Waals surface area contributed by atoms with E-state index in [9.17, 15) is 14.7 Å². The lowest BCUT2D eigenvalue weighted by atomic mass is 10.1. The topological polar surface area (TPSA) is 54.4 Å². The Morgan fingerprint density at radius 3 is 2.50 bits per heavy atom. The van der Waals surface area contributed by atoms with E-state index in [1.807, 2.05) is 24.3 Å². The minimum atomic E-state index is -0.588. The third-order valence-electron chi connectivity index (χ3n) is 3.25. The van der Waals surface area contributed by atoms with E-state index in [1.165, 1.54) is 29.8 Å². The highest BCUT2D eigenvalue weighted by Gasteiger charge is 2.10. The van der Waals surface area contributed by atoms with E-state index in [4.69, 9.17) is 0 Å². The fourth-order valence-corrected chi connectivity index (χ4v) is 2.30. The van der Waals surface area contributed by atoms with Crippen LogP contribution < -0.4 is 5.43 Å². The summed E-state index contributed by atoms with van der Waals surface area (Å²) in [6.45, 7) is 2.07. The molecular weight excluding hydrogens is 344 g/mol. The number of aryl methyl sites for hydroxylation is 1. The highest BCUT2D eigenvalue weighted by Crippen LogP contribution is 2.17. The fraction of sp³-hybridized carbons (Fsp3) is 0.111. The van der Waals surface area contributed by atoms with Crippen LogP contribution in [0, 0.1) is 0 Å². The van der Waals surface area contributed by atoms with Crippen molar-refractivity contribution in [1.82, 2.24) is 0 Å². The van der Waals surface area contributed by atoms with Gasteiger partial charge in [0.15, 0.2) is 11.5 Å². The second-order valence-electron chi connectivity index (χ2n) is 4.78. The first-order valence-corrected chi connectivity index (χ1v) is 7.64. The molecule has 1 N–H and O–H groups in total. The fourth-order valence-electron chi connectivity index (χ4n) is 1.94. The summed E-state index contributed by atoms with van der Waals surface area (Å²) in [5, 5.41) is 9.83. The maximum Gasteiger partial charge on any atom is 0.220 e. The van der Waals surface area contributed by atoms with Crippen molar-refractivity contribution in [1.29, 1.82) is 0 Å². The van der Waals surface area contributed by atoms with Gasteiger partial charge in [0, 0.05) is 4.47 Å². The van der Waals surface area contributed by atoms with Crippen LogP contribution in [0.25, 0.3) is 6.08 Å². The summed E-state index contributed by atoms with van der Waals surface area (Å²) in [7, 11) is 0. The number of rotatable bonds is 4. The summed E-state index contributed by atoms with van der Waals surface area (Å²) < 4.78 is 0.550. The molecule has 0 radical (unpaired) electrons. The summed E-state index contributed by atoms with van der Waals surface area (Å²) in [5.74, 6) is -0.965. The summed E-state index contributed by atoms with van der Waals surface area (Å²) in [6.07, 6.45) is 3.96. The predicted molar refractivity (Wildman–Crippen MR) is 91.3 cm³/mol. The number of hydrogen-bond donors (Lipinski definition) is 1. The Kier molecular flexibility index (Phi) is 5.28. The smallest absolute Gasteiger partial charge is 0.220 e. The van der Waals surface area contributed by atoms with E-state index in [2.05, 4.69) is 22.9 Å². The van der Waals surface area contributed by atoms with Crippen molar-refractivity contribution in [3.05, 3.63) is 79.9 Å². The molecule has 4 heteroatoms. The molecule has 0 fully saturated rings. The maximum absolute atomic E-state index is 12.2. The van der Waals surface area contributed by atoms with Crippen LogP contribution in [0.2, 0.25) is 0 Å². The first-order chi connectivity index (χ1) is 10.5. The molecule has 0 aliphatic rings. The molecule has 0 bridgehead atoms. The van der Waals surface area contributed by atoms with Gasteiger partial charge in [-0.3, -0.25) is 9.59 Å². The van der Waals surface area contributed by atoms with E-state index in [1.54, 1.807) is 6.08 Å². The molecule has 2 rings (SSSR count). The number of aromatic hydroxyl groups is 1. The number of ketones is 1. The van der Waals surface area contributed by atoms with Gasteiger partial charge in [0.25, 0.3) is 0 Å². The van der Waals surface area contributed by atoms with Crippen LogP contribution in [0.5, 0.6) is 5.75 Å². The lowest BCUT2D eigenvalue weighted by molar-refractivity contribution is 0.104.